The van der Waals surface area contributed by atoms with Crippen LogP contribution in [0.4, 0.5) is 0 Å². The highest BCUT2D eigenvalue weighted by Crippen LogP contribution is 2.28. The van der Waals surface area contributed by atoms with Crippen molar-refractivity contribution >= 4 is 11.6 Å². The molecular formula is C17H27ClO. The van der Waals surface area contributed by atoms with Crippen LogP contribution in [0.3, 0.4) is 0 Å². The van der Waals surface area contributed by atoms with Gasteiger partial charge in [0.2, 0.25) is 0 Å². The largest absolute Gasteiger partial charge is 0.494 e. The molecule has 0 N–H and O–H groups in total. The number of unbranched alkanes of at least 4 members (excludes halogenated alkanes) is 3. The lowest BCUT2D eigenvalue weighted by Gasteiger charge is -2.23. The first kappa shape index (κ1) is 16.4. The van der Waals surface area contributed by atoms with Gasteiger partial charge < -0.3 is 4.74 Å². The lowest BCUT2D eigenvalue weighted by Crippen LogP contribution is -2.15. The van der Waals surface area contributed by atoms with E-state index in [2.05, 4.69) is 45.0 Å². The van der Waals surface area contributed by atoms with Gasteiger partial charge in [-0.3, -0.25) is 0 Å². The molecule has 0 fully saturated rings. The molecule has 1 rings (SSSR count). The van der Waals surface area contributed by atoms with Gasteiger partial charge in [0.1, 0.15) is 5.75 Å². The van der Waals surface area contributed by atoms with E-state index in [4.69, 9.17) is 16.3 Å². The first-order valence-electron chi connectivity index (χ1n) is 7.39. The Morgan fingerprint density at radius 1 is 1.00 bits per heavy atom. The SMILES string of the molecule is CCC(C)(C)c1ccc(OCCCCCCCl)cc1. The number of rotatable bonds is 9. The summed E-state index contributed by atoms with van der Waals surface area (Å²) >= 11 is 5.64. The van der Waals surface area contributed by atoms with Gasteiger partial charge in [-0.2, -0.15) is 0 Å². The summed E-state index contributed by atoms with van der Waals surface area (Å²) in [6.07, 6.45) is 5.78. The summed E-state index contributed by atoms with van der Waals surface area (Å²) in [7, 11) is 0. The van der Waals surface area contributed by atoms with E-state index in [1.165, 1.54) is 18.4 Å². The predicted octanol–water partition coefficient (Wildman–Crippen LogP) is 5.55. The van der Waals surface area contributed by atoms with E-state index >= 15 is 0 Å². The third-order valence-corrected chi connectivity index (χ3v) is 4.08. The fraction of sp³-hybridized carbons (Fsp3) is 0.647. The number of hydrogen-bond donors (Lipinski definition) is 0. The number of alkyl halides is 1. The molecule has 0 saturated heterocycles. The van der Waals surface area contributed by atoms with E-state index in [-0.39, 0.29) is 5.41 Å². The fourth-order valence-corrected chi connectivity index (χ4v) is 2.14. The maximum Gasteiger partial charge on any atom is 0.119 e. The molecule has 0 amide bonds. The lowest BCUT2D eigenvalue weighted by atomic mass is 9.82. The lowest BCUT2D eigenvalue weighted by molar-refractivity contribution is 0.305. The van der Waals surface area contributed by atoms with Crippen LogP contribution in [0.15, 0.2) is 24.3 Å². The number of halogens is 1. The van der Waals surface area contributed by atoms with Crippen molar-refractivity contribution < 1.29 is 4.74 Å². The van der Waals surface area contributed by atoms with Crippen LogP contribution in [0.25, 0.3) is 0 Å². The standard InChI is InChI=1S/C17H27ClO/c1-4-17(2,3)15-9-11-16(12-10-15)19-14-8-6-5-7-13-18/h9-12H,4-8,13-14H2,1-3H3. The van der Waals surface area contributed by atoms with Crippen LogP contribution in [0, 0.1) is 0 Å². The number of benzene rings is 1. The van der Waals surface area contributed by atoms with Crippen molar-refractivity contribution in [1.82, 2.24) is 0 Å². The normalized spacial score (nSPS) is 11.6. The molecule has 108 valence electrons. The van der Waals surface area contributed by atoms with Crippen LogP contribution < -0.4 is 4.74 Å². The molecule has 0 heterocycles. The molecule has 0 aliphatic heterocycles. The van der Waals surface area contributed by atoms with Crippen molar-refractivity contribution in [2.24, 2.45) is 0 Å². The Labute approximate surface area is 123 Å². The third-order valence-electron chi connectivity index (χ3n) is 3.82. The third kappa shape index (κ3) is 5.86. The Morgan fingerprint density at radius 3 is 2.21 bits per heavy atom. The van der Waals surface area contributed by atoms with Gasteiger partial charge in [-0.05, 0) is 42.4 Å². The second-order valence-corrected chi connectivity index (χ2v) is 6.09. The van der Waals surface area contributed by atoms with Crippen LogP contribution in [0.1, 0.15) is 58.4 Å². The highest BCUT2D eigenvalue weighted by molar-refractivity contribution is 6.17. The van der Waals surface area contributed by atoms with Crippen LogP contribution in [-0.4, -0.2) is 12.5 Å². The predicted molar refractivity (Wildman–Crippen MR) is 84.4 cm³/mol. The Morgan fingerprint density at radius 2 is 1.63 bits per heavy atom. The van der Waals surface area contributed by atoms with Crippen molar-refractivity contribution in [2.45, 2.75) is 58.3 Å². The molecule has 0 radical (unpaired) electrons. The highest BCUT2D eigenvalue weighted by Gasteiger charge is 2.17. The van der Waals surface area contributed by atoms with Crippen molar-refractivity contribution in [3.8, 4) is 5.75 Å². The zero-order chi connectivity index (χ0) is 14.1. The average molecular weight is 283 g/mol. The summed E-state index contributed by atoms with van der Waals surface area (Å²) in [4.78, 5) is 0. The van der Waals surface area contributed by atoms with E-state index in [0.717, 1.165) is 37.5 Å². The van der Waals surface area contributed by atoms with Crippen molar-refractivity contribution in [3.63, 3.8) is 0 Å². The molecule has 2 heteroatoms. The van der Waals surface area contributed by atoms with Crippen molar-refractivity contribution in [3.05, 3.63) is 29.8 Å². The maximum absolute atomic E-state index is 5.75. The van der Waals surface area contributed by atoms with Gasteiger partial charge in [-0.15, -0.1) is 11.6 Å². The molecule has 0 aliphatic carbocycles. The molecule has 0 aromatic heterocycles. The minimum atomic E-state index is 0.250. The monoisotopic (exact) mass is 282 g/mol. The van der Waals surface area contributed by atoms with Crippen LogP contribution >= 0.6 is 11.6 Å². The number of ether oxygens (including phenoxy) is 1. The molecule has 0 atom stereocenters. The van der Waals surface area contributed by atoms with Crippen LogP contribution in [0.2, 0.25) is 0 Å². The molecule has 0 saturated carbocycles. The number of hydrogen-bond acceptors (Lipinski definition) is 1. The summed E-state index contributed by atoms with van der Waals surface area (Å²) in [5.74, 6) is 1.75. The summed E-state index contributed by atoms with van der Waals surface area (Å²) in [5, 5.41) is 0. The van der Waals surface area contributed by atoms with Crippen LogP contribution in [0.5, 0.6) is 5.75 Å². The van der Waals surface area contributed by atoms with Gasteiger partial charge in [-0.1, -0.05) is 45.7 Å². The minimum Gasteiger partial charge on any atom is -0.494 e. The molecule has 1 nitrogen and oxygen atoms in total. The van der Waals surface area contributed by atoms with E-state index in [1.54, 1.807) is 0 Å². The molecule has 0 aliphatic rings. The van der Waals surface area contributed by atoms with Gasteiger partial charge in [0.15, 0.2) is 0 Å². The molecule has 0 bridgehead atoms. The van der Waals surface area contributed by atoms with E-state index < -0.39 is 0 Å². The Hall–Kier alpha value is -0.690. The van der Waals surface area contributed by atoms with Gasteiger partial charge in [-0.25, -0.2) is 0 Å². The fourth-order valence-electron chi connectivity index (χ4n) is 1.95. The summed E-state index contributed by atoms with van der Waals surface area (Å²) in [5.41, 5.74) is 1.63. The van der Waals surface area contributed by atoms with Gasteiger partial charge in [0, 0.05) is 5.88 Å². The van der Waals surface area contributed by atoms with Crippen molar-refractivity contribution in [2.75, 3.05) is 12.5 Å². The van der Waals surface area contributed by atoms with Crippen LogP contribution in [-0.2, 0) is 5.41 Å². The van der Waals surface area contributed by atoms with Crippen molar-refractivity contribution in [1.29, 1.82) is 0 Å². The molecular weight excluding hydrogens is 256 g/mol. The quantitative estimate of drug-likeness (QED) is 0.426. The van der Waals surface area contributed by atoms with Gasteiger partial charge in [0.25, 0.3) is 0 Å². The summed E-state index contributed by atoms with van der Waals surface area (Å²) < 4.78 is 5.75. The van der Waals surface area contributed by atoms with E-state index in [9.17, 15) is 0 Å². The first-order valence-corrected chi connectivity index (χ1v) is 7.93. The average Bonchev–Trinajstić information content (AvgIpc) is 2.43. The molecule has 1 aromatic carbocycles. The Kier molecular flexibility index (Phi) is 7.30. The zero-order valence-electron chi connectivity index (χ0n) is 12.5. The Bertz CT molecular complexity index is 343. The zero-order valence-corrected chi connectivity index (χ0v) is 13.3. The van der Waals surface area contributed by atoms with Gasteiger partial charge >= 0.3 is 0 Å². The minimum absolute atomic E-state index is 0.250. The molecule has 1 aromatic rings. The topological polar surface area (TPSA) is 9.23 Å². The van der Waals surface area contributed by atoms with E-state index in [1.807, 2.05) is 0 Å². The molecule has 0 unspecified atom stereocenters. The molecule has 19 heavy (non-hydrogen) atoms. The smallest absolute Gasteiger partial charge is 0.119 e. The molecule has 0 spiro atoms. The van der Waals surface area contributed by atoms with Gasteiger partial charge in [0.05, 0.1) is 6.61 Å². The maximum atomic E-state index is 5.75. The second kappa shape index (κ2) is 8.47. The summed E-state index contributed by atoms with van der Waals surface area (Å²) in [6, 6.07) is 8.55. The van der Waals surface area contributed by atoms with E-state index in [0.29, 0.717) is 0 Å². The highest BCUT2D eigenvalue weighted by atomic mass is 35.5. The summed E-state index contributed by atoms with van der Waals surface area (Å²) in [6.45, 7) is 7.59. The second-order valence-electron chi connectivity index (χ2n) is 5.71. The Balaban J connectivity index is 2.32. The first-order chi connectivity index (χ1) is 9.10.